The molecular weight excluding hydrogens is 310 g/mol. The fourth-order valence-electron chi connectivity index (χ4n) is 3.02. The smallest absolute Gasteiger partial charge is 0.292 e. The van der Waals surface area contributed by atoms with E-state index < -0.39 is 4.92 Å². The molecule has 2 aromatic rings. The zero-order valence-corrected chi connectivity index (χ0v) is 13.1. The Balaban J connectivity index is 1.51. The van der Waals surface area contributed by atoms with Gasteiger partial charge in [-0.1, -0.05) is 12.1 Å². The fraction of sp³-hybridized carbons (Fsp3) is 0.375. The highest BCUT2D eigenvalue weighted by molar-refractivity contribution is 5.84. The molecule has 0 saturated carbocycles. The number of anilines is 1. The number of aryl methyl sites for hydroxylation is 1. The van der Waals surface area contributed by atoms with Gasteiger partial charge in [0.05, 0.1) is 17.0 Å². The first-order valence-corrected chi connectivity index (χ1v) is 7.94. The van der Waals surface area contributed by atoms with Crippen LogP contribution in [0.4, 0.5) is 11.4 Å². The molecule has 0 saturated heterocycles. The predicted octanol–water partition coefficient (Wildman–Crippen LogP) is 1.97. The van der Waals surface area contributed by atoms with Gasteiger partial charge in [-0.05, 0) is 25.3 Å². The molecule has 8 heteroatoms. The molecule has 0 fully saturated rings. The first-order valence-electron chi connectivity index (χ1n) is 7.94. The average Bonchev–Trinajstić information content (AvgIpc) is 3.07. The third-order valence-electron chi connectivity index (χ3n) is 4.20. The van der Waals surface area contributed by atoms with Gasteiger partial charge in [-0.3, -0.25) is 20.0 Å². The van der Waals surface area contributed by atoms with Gasteiger partial charge in [0.2, 0.25) is 5.91 Å². The number of rotatable bonds is 6. The summed E-state index contributed by atoms with van der Waals surface area (Å²) < 4.78 is 0. The Kier molecular flexibility index (Phi) is 4.74. The van der Waals surface area contributed by atoms with Crippen molar-refractivity contribution in [2.24, 2.45) is 0 Å². The minimum Gasteiger partial charge on any atom is -0.378 e. The first-order chi connectivity index (χ1) is 11.7. The maximum atomic E-state index is 12.4. The second kappa shape index (κ2) is 7.12. The predicted molar refractivity (Wildman–Crippen MR) is 88.9 cm³/mol. The maximum absolute atomic E-state index is 12.4. The van der Waals surface area contributed by atoms with E-state index >= 15 is 0 Å². The molecule has 0 aliphatic heterocycles. The van der Waals surface area contributed by atoms with Crippen LogP contribution in [-0.2, 0) is 11.2 Å². The highest BCUT2D eigenvalue weighted by Gasteiger charge is 2.27. The number of carbonyl (C=O) groups is 1. The van der Waals surface area contributed by atoms with Crippen molar-refractivity contribution in [2.45, 2.75) is 25.2 Å². The first kappa shape index (κ1) is 16.0. The molecule has 0 bridgehead atoms. The number of H-pyrrole nitrogens is 1. The van der Waals surface area contributed by atoms with Crippen LogP contribution in [0.5, 0.6) is 0 Å². The van der Waals surface area contributed by atoms with Crippen LogP contribution in [0.3, 0.4) is 0 Å². The van der Waals surface area contributed by atoms with E-state index in [1.807, 2.05) is 0 Å². The number of hydrogen-bond acceptors (Lipinski definition) is 5. The molecule has 1 amide bonds. The van der Waals surface area contributed by atoms with Gasteiger partial charge in [0, 0.05) is 30.4 Å². The summed E-state index contributed by atoms with van der Waals surface area (Å²) in [5, 5.41) is 23.8. The fourth-order valence-corrected chi connectivity index (χ4v) is 3.02. The number of benzene rings is 1. The largest absolute Gasteiger partial charge is 0.378 e. The summed E-state index contributed by atoms with van der Waals surface area (Å²) in [6.07, 6.45) is 4.43. The lowest BCUT2D eigenvalue weighted by Gasteiger charge is -2.21. The molecule has 24 heavy (non-hydrogen) atoms. The molecule has 3 rings (SSSR count). The van der Waals surface area contributed by atoms with Crippen molar-refractivity contribution >= 4 is 17.3 Å². The number of aromatic amines is 1. The summed E-state index contributed by atoms with van der Waals surface area (Å²) in [5.74, 6) is -0.194. The Morgan fingerprint density at radius 3 is 3.04 bits per heavy atom. The second-order valence-corrected chi connectivity index (χ2v) is 5.74. The van der Waals surface area contributed by atoms with E-state index in [9.17, 15) is 14.9 Å². The third kappa shape index (κ3) is 3.37. The van der Waals surface area contributed by atoms with Crippen molar-refractivity contribution in [3.8, 4) is 0 Å². The highest BCUT2D eigenvalue weighted by atomic mass is 16.6. The molecule has 126 valence electrons. The molecule has 0 spiro atoms. The Morgan fingerprint density at radius 2 is 2.21 bits per heavy atom. The monoisotopic (exact) mass is 329 g/mol. The van der Waals surface area contributed by atoms with E-state index in [4.69, 9.17) is 0 Å². The lowest BCUT2D eigenvalue weighted by atomic mass is 9.86. The SMILES string of the molecule is O=C(NCCNc1ccccc1[N+](=O)[O-])[C@H]1CCCc2[nH]ncc21. The summed E-state index contributed by atoms with van der Waals surface area (Å²) in [5.41, 5.74) is 2.50. The summed E-state index contributed by atoms with van der Waals surface area (Å²) in [6.45, 7) is 0.816. The summed E-state index contributed by atoms with van der Waals surface area (Å²) in [4.78, 5) is 22.9. The van der Waals surface area contributed by atoms with Crippen LogP contribution in [0, 0.1) is 10.1 Å². The minimum absolute atomic E-state index is 0.0262. The van der Waals surface area contributed by atoms with Gasteiger partial charge in [-0.25, -0.2) is 0 Å². The number of fused-ring (bicyclic) bond motifs is 1. The van der Waals surface area contributed by atoms with Crippen molar-refractivity contribution < 1.29 is 9.72 Å². The normalized spacial score (nSPS) is 16.2. The van der Waals surface area contributed by atoms with E-state index in [1.165, 1.54) is 6.07 Å². The second-order valence-electron chi connectivity index (χ2n) is 5.74. The molecule has 1 aromatic heterocycles. The van der Waals surface area contributed by atoms with Crippen LogP contribution in [0.25, 0.3) is 0 Å². The maximum Gasteiger partial charge on any atom is 0.292 e. The molecular formula is C16H19N5O3. The number of nitrogens with zero attached hydrogens (tertiary/aromatic N) is 2. The topological polar surface area (TPSA) is 113 Å². The molecule has 1 aromatic carbocycles. The van der Waals surface area contributed by atoms with Crippen LogP contribution in [0.15, 0.2) is 30.5 Å². The Bertz CT molecular complexity index is 743. The number of nitrogens with one attached hydrogen (secondary N) is 3. The molecule has 1 aliphatic rings. The van der Waals surface area contributed by atoms with Crippen molar-refractivity contribution in [2.75, 3.05) is 18.4 Å². The van der Waals surface area contributed by atoms with Crippen molar-refractivity contribution in [1.82, 2.24) is 15.5 Å². The van der Waals surface area contributed by atoms with Gasteiger partial charge in [0.25, 0.3) is 5.69 Å². The van der Waals surface area contributed by atoms with E-state index in [0.717, 1.165) is 30.5 Å². The van der Waals surface area contributed by atoms with Crippen LogP contribution >= 0.6 is 0 Å². The van der Waals surface area contributed by atoms with Crippen molar-refractivity contribution in [3.05, 3.63) is 51.8 Å². The zero-order valence-electron chi connectivity index (χ0n) is 13.1. The quantitative estimate of drug-likeness (QED) is 0.426. The van der Waals surface area contributed by atoms with Gasteiger partial charge in [-0.2, -0.15) is 5.10 Å². The summed E-state index contributed by atoms with van der Waals surface area (Å²) >= 11 is 0. The molecule has 1 atom stereocenters. The van der Waals surface area contributed by atoms with E-state index in [-0.39, 0.29) is 17.5 Å². The van der Waals surface area contributed by atoms with Crippen molar-refractivity contribution in [1.29, 1.82) is 0 Å². The van der Waals surface area contributed by atoms with Gasteiger partial charge in [0.15, 0.2) is 0 Å². The highest BCUT2D eigenvalue weighted by Crippen LogP contribution is 2.30. The van der Waals surface area contributed by atoms with Crippen LogP contribution < -0.4 is 10.6 Å². The molecule has 8 nitrogen and oxygen atoms in total. The van der Waals surface area contributed by atoms with Crippen molar-refractivity contribution in [3.63, 3.8) is 0 Å². The number of nitro groups is 1. The number of aromatic nitrogens is 2. The number of para-hydroxylation sites is 2. The number of amides is 1. The molecule has 0 unspecified atom stereocenters. The van der Waals surface area contributed by atoms with Crippen LogP contribution in [-0.4, -0.2) is 34.1 Å². The Labute approximate surface area is 138 Å². The average molecular weight is 329 g/mol. The van der Waals surface area contributed by atoms with E-state index in [1.54, 1.807) is 24.4 Å². The zero-order chi connectivity index (χ0) is 16.9. The Hall–Kier alpha value is -2.90. The molecule has 0 radical (unpaired) electrons. The van der Waals surface area contributed by atoms with Gasteiger partial charge in [-0.15, -0.1) is 0 Å². The molecule has 1 aliphatic carbocycles. The van der Waals surface area contributed by atoms with Crippen LogP contribution in [0.2, 0.25) is 0 Å². The lowest BCUT2D eigenvalue weighted by molar-refractivity contribution is -0.384. The van der Waals surface area contributed by atoms with Gasteiger partial charge < -0.3 is 10.6 Å². The van der Waals surface area contributed by atoms with Gasteiger partial charge >= 0.3 is 0 Å². The molecule has 1 heterocycles. The summed E-state index contributed by atoms with van der Waals surface area (Å²) in [7, 11) is 0. The third-order valence-corrected chi connectivity index (χ3v) is 4.20. The van der Waals surface area contributed by atoms with E-state index in [2.05, 4.69) is 20.8 Å². The number of hydrogen-bond donors (Lipinski definition) is 3. The van der Waals surface area contributed by atoms with E-state index in [0.29, 0.717) is 18.8 Å². The number of nitro benzene ring substituents is 1. The standard InChI is InChI=1S/C16H19N5O3/c22-16(11-4-3-6-13-12(11)10-19-20-13)18-9-8-17-14-5-1-2-7-15(14)21(23)24/h1-2,5,7,10-11,17H,3-4,6,8-9H2,(H,18,22)(H,19,20)/t11-/m0/s1. The van der Waals surface area contributed by atoms with Crippen LogP contribution in [0.1, 0.15) is 30.0 Å². The molecule has 3 N–H and O–H groups in total. The lowest BCUT2D eigenvalue weighted by Crippen LogP contribution is -2.34. The Morgan fingerprint density at radius 1 is 1.38 bits per heavy atom. The van der Waals surface area contributed by atoms with Gasteiger partial charge in [0.1, 0.15) is 5.69 Å². The minimum atomic E-state index is -0.427. The number of carbonyl (C=O) groups excluding carboxylic acids is 1. The summed E-state index contributed by atoms with van der Waals surface area (Å²) in [6, 6.07) is 6.45.